The van der Waals surface area contributed by atoms with E-state index in [0.29, 0.717) is 5.78 Å². The van der Waals surface area contributed by atoms with Gasteiger partial charge in [-0.2, -0.15) is 0 Å². The molecule has 1 saturated heterocycles. The monoisotopic (exact) mass is 253 g/mol. The third-order valence-electron chi connectivity index (χ3n) is 3.93. The van der Waals surface area contributed by atoms with E-state index in [1.54, 1.807) is 0 Å². The summed E-state index contributed by atoms with van der Waals surface area (Å²) in [5.41, 5.74) is 0. The second kappa shape index (κ2) is 10.5. The van der Waals surface area contributed by atoms with E-state index in [0.717, 1.165) is 26.1 Å². The molecule has 0 amide bonds. The molecule has 1 aliphatic heterocycles. The maximum atomic E-state index is 11.1. The average molecular weight is 253 g/mol. The fraction of sp³-hybridized carbons (Fsp3) is 0.938. The summed E-state index contributed by atoms with van der Waals surface area (Å²) in [4.78, 5) is 13.4. The van der Waals surface area contributed by atoms with Crippen molar-refractivity contribution in [2.24, 2.45) is 0 Å². The number of carbonyl (C=O) groups excluding carboxylic acids is 1. The third kappa shape index (κ3) is 7.86. The summed E-state index contributed by atoms with van der Waals surface area (Å²) in [5, 5.41) is 0. The molecule has 0 N–H and O–H groups in total. The quantitative estimate of drug-likeness (QED) is 0.515. The van der Waals surface area contributed by atoms with Gasteiger partial charge in [-0.25, -0.2) is 0 Å². The molecule has 18 heavy (non-hydrogen) atoms. The first kappa shape index (κ1) is 15.7. The molecule has 0 radical (unpaired) electrons. The van der Waals surface area contributed by atoms with Gasteiger partial charge in [-0.05, 0) is 13.0 Å². The summed E-state index contributed by atoms with van der Waals surface area (Å²) in [6.07, 6.45) is 14.7. The highest BCUT2D eigenvalue weighted by atomic mass is 16.1. The van der Waals surface area contributed by atoms with Gasteiger partial charge in [0.1, 0.15) is 5.78 Å². The summed E-state index contributed by atoms with van der Waals surface area (Å²) in [5.74, 6) is 0.432. The van der Waals surface area contributed by atoms with Crippen molar-refractivity contribution in [3.8, 4) is 0 Å². The summed E-state index contributed by atoms with van der Waals surface area (Å²) in [6, 6.07) is 0. The van der Waals surface area contributed by atoms with Gasteiger partial charge in [-0.15, -0.1) is 0 Å². The van der Waals surface area contributed by atoms with Crippen molar-refractivity contribution in [3.63, 3.8) is 0 Å². The standard InChI is InChI=1S/C16H31NO/c1-2-3-4-5-6-7-8-9-10-11-13-17-14-12-16(18)15-17/h2-15H2,1H3. The van der Waals surface area contributed by atoms with E-state index >= 15 is 0 Å². The molecule has 0 aromatic rings. The zero-order valence-corrected chi connectivity index (χ0v) is 12.3. The molecule has 1 aliphatic rings. The van der Waals surface area contributed by atoms with Crippen LogP contribution in [0.3, 0.4) is 0 Å². The topological polar surface area (TPSA) is 20.3 Å². The maximum absolute atomic E-state index is 11.1. The van der Waals surface area contributed by atoms with Crippen LogP contribution in [-0.4, -0.2) is 30.3 Å². The van der Waals surface area contributed by atoms with E-state index in [-0.39, 0.29) is 0 Å². The number of hydrogen-bond donors (Lipinski definition) is 0. The Bertz CT molecular complexity index is 215. The van der Waals surface area contributed by atoms with Crippen LogP contribution in [0.15, 0.2) is 0 Å². The lowest BCUT2D eigenvalue weighted by Gasteiger charge is -2.12. The summed E-state index contributed by atoms with van der Waals surface area (Å²) in [7, 11) is 0. The fourth-order valence-electron chi connectivity index (χ4n) is 2.70. The van der Waals surface area contributed by atoms with E-state index in [2.05, 4.69) is 11.8 Å². The first-order valence-electron chi connectivity index (χ1n) is 8.07. The van der Waals surface area contributed by atoms with E-state index in [1.807, 2.05) is 0 Å². The third-order valence-corrected chi connectivity index (χ3v) is 3.93. The molecule has 2 nitrogen and oxygen atoms in total. The van der Waals surface area contributed by atoms with Gasteiger partial charge in [0.2, 0.25) is 0 Å². The van der Waals surface area contributed by atoms with Crippen LogP contribution in [-0.2, 0) is 4.79 Å². The Morgan fingerprint density at radius 3 is 1.94 bits per heavy atom. The van der Waals surface area contributed by atoms with Crippen molar-refractivity contribution in [1.29, 1.82) is 0 Å². The van der Waals surface area contributed by atoms with Crippen LogP contribution in [0.1, 0.15) is 77.6 Å². The van der Waals surface area contributed by atoms with Crippen LogP contribution in [0.2, 0.25) is 0 Å². The van der Waals surface area contributed by atoms with Crippen LogP contribution in [0, 0.1) is 0 Å². The van der Waals surface area contributed by atoms with E-state index in [9.17, 15) is 4.79 Å². The normalized spacial score (nSPS) is 16.6. The lowest BCUT2D eigenvalue weighted by molar-refractivity contribution is -0.116. The van der Waals surface area contributed by atoms with Crippen LogP contribution in [0.5, 0.6) is 0 Å². The van der Waals surface area contributed by atoms with E-state index < -0.39 is 0 Å². The molecule has 106 valence electrons. The van der Waals surface area contributed by atoms with Crippen LogP contribution < -0.4 is 0 Å². The molecule has 1 fully saturated rings. The zero-order valence-electron chi connectivity index (χ0n) is 12.3. The second-order valence-electron chi connectivity index (χ2n) is 5.75. The second-order valence-corrected chi connectivity index (χ2v) is 5.75. The largest absolute Gasteiger partial charge is 0.298 e. The minimum absolute atomic E-state index is 0.432. The van der Waals surface area contributed by atoms with Crippen molar-refractivity contribution in [2.75, 3.05) is 19.6 Å². The maximum Gasteiger partial charge on any atom is 0.148 e. The Kier molecular flexibility index (Phi) is 9.19. The Balaban J connectivity index is 1.75. The molecular formula is C16H31NO. The van der Waals surface area contributed by atoms with Crippen molar-refractivity contribution in [2.45, 2.75) is 77.6 Å². The molecule has 1 rings (SSSR count). The van der Waals surface area contributed by atoms with E-state index in [1.165, 1.54) is 64.2 Å². The van der Waals surface area contributed by atoms with Gasteiger partial charge in [0, 0.05) is 13.0 Å². The number of Topliss-reactive ketones (excluding diaryl/α,β-unsaturated/α-hetero) is 1. The van der Waals surface area contributed by atoms with E-state index in [4.69, 9.17) is 0 Å². The van der Waals surface area contributed by atoms with Gasteiger partial charge < -0.3 is 0 Å². The SMILES string of the molecule is CCCCCCCCCCCCN1CCC(=O)C1. The van der Waals surface area contributed by atoms with Gasteiger partial charge in [0.25, 0.3) is 0 Å². The van der Waals surface area contributed by atoms with Crippen molar-refractivity contribution in [1.82, 2.24) is 4.90 Å². The zero-order chi connectivity index (χ0) is 13.1. The van der Waals surface area contributed by atoms with Crippen LogP contribution in [0.4, 0.5) is 0 Å². The number of ketones is 1. The van der Waals surface area contributed by atoms with Gasteiger partial charge in [0.05, 0.1) is 6.54 Å². The average Bonchev–Trinajstić information content (AvgIpc) is 2.77. The molecule has 1 heterocycles. The molecule has 0 unspecified atom stereocenters. The van der Waals surface area contributed by atoms with Crippen molar-refractivity contribution >= 4 is 5.78 Å². The summed E-state index contributed by atoms with van der Waals surface area (Å²) < 4.78 is 0. The summed E-state index contributed by atoms with van der Waals surface area (Å²) in [6.45, 7) is 5.14. The van der Waals surface area contributed by atoms with Crippen LogP contribution >= 0.6 is 0 Å². The molecule has 0 aromatic heterocycles. The predicted molar refractivity (Wildman–Crippen MR) is 77.9 cm³/mol. The smallest absolute Gasteiger partial charge is 0.148 e. The van der Waals surface area contributed by atoms with Crippen LogP contribution in [0.25, 0.3) is 0 Å². The first-order valence-corrected chi connectivity index (χ1v) is 8.07. The highest BCUT2D eigenvalue weighted by Crippen LogP contribution is 2.11. The highest BCUT2D eigenvalue weighted by Gasteiger charge is 2.17. The number of carbonyl (C=O) groups is 1. The molecule has 0 aromatic carbocycles. The Hall–Kier alpha value is -0.370. The Morgan fingerprint density at radius 2 is 1.44 bits per heavy atom. The minimum atomic E-state index is 0.432. The summed E-state index contributed by atoms with van der Waals surface area (Å²) >= 11 is 0. The molecular weight excluding hydrogens is 222 g/mol. The Labute approximate surface area is 113 Å². The Morgan fingerprint density at radius 1 is 0.889 bits per heavy atom. The van der Waals surface area contributed by atoms with Gasteiger partial charge in [-0.3, -0.25) is 9.69 Å². The van der Waals surface area contributed by atoms with Crippen molar-refractivity contribution in [3.05, 3.63) is 0 Å². The van der Waals surface area contributed by atoms with Gasteiger partial charge >= 0.3 is 0 Å². The highest BCUT2D eigenvalue weighted by molar-refractivity contribution is 5.82. The molecule has 0 aliphatic carbocycles. The molecule has 0 bridgehead atoms. The minimum Gasteiger partial charge on any atom is -0.298 e. The first-order chi connectivity index (χ1) is 8.83. The number of likely N-dealkylation sites (tertiary alicyclic amines) is 1. The fourth-order valence-corrected chi connectivity index (χ4v) is 2.70. The van der Waals surface area contributed by atoms with Gasteiger partial charge in [0.15, 0.2) is 0 Å². The number of rotatable bonds is 11. The molecule has 2 heteroatoms. The number of hydrogen-bond acceptors (Lipinski definition) is 2. The lowest BCUT2D eigenvalue weighted by atomic mass is 10.1. The predicted octanol–water partition coefficient (Wildman–Crippen LogP) is 4.18. The van der Waals surface area contributed by atoms with Gasteiger partial charge in [-0.1, -0.05) is 64.7 Å². The number of nitrogens with zero attached hydrogens (tertiary/aromatic N) is 1. The lowest BCUT2D eigenvalue weighted by Crippen LogP contribution is -2.21. The number of unbranched alkanes of at least 4 members (excludes halogenated alkanes) is 9. The van der Waals surface area contributed by atoms with Crippen molar-refractivity contribution < 1.29 is 4.79 Å². The molecule has 0 saturated carbocycles. The molecule has 0 atom stereocenters. The molecule has 0 spiro atoms.